The van der Waals surface area contributed by atoms with E-state index < -0.39 is 5.60 Å². The van der Waals surface area contributed by atoms with Crippen molar-refractivity contribution < 1.29 is 14.3 Å². The molecule has 1 N–H and O–H groups in total. The van der Waals surface area contributed by atoms with Crippen LogP contribution in [0.2, 0.25) is 0 Å². The summed E-state index contributed by atoms with van der Waals surface area (Å²) in [5.74, 6) is 0.553. The van der Waals surface area contributed by atoms with Crippen LogP contribution in [0.25, 0.3) is 22.2 Å². The zero-order valence-corrected chi connectivity index (χ0v) is 23.7. The third-order valence-corrected chi connectivity index (χ3v) is 7.69. The molecule has 1 aliphatic heterocycles. The molecule has 10 heteroatoms. The van der Waals surface area contributed by atoms with Crippen LogP contribution in [0.3, 0.4) is 0 Å². The van der Waals surface area contributed by atoms with Crippen LogP contribution in [0, 0.1) is 5.92 Å². The molecule has 1 saturated heterocycles. The minimum atomic E-state index is -0.525. The number of carbonyl (C=O) groups excluding carboxylic acids is 1. The molecule has 0 spiro atoms. The van der Waals surface area contributed by atoms with Crippen molar-refractivity contribution in [2.45, 2.75) is 84.2 Å². The number of hydrogen-bond donors (Lipinski definition) is 1. The van der Waals surface area contributed by atoms with Crippen molar-refractivity contribution in [1.82, 2.24) is 34.4 Å². The van der Waals surface area contributed by atoms with Crippen molar-refractivity contribution in [3.63, 3.8) is 0 Å². The van der Waals surface area contributed by atoms with E-state index in [-0.39, 0.29) is 12.3 Å². The molecular weight excluding hydrogens is 506 g/mol. The Morgan fingerprint density at radius 2 is 2.05 bits per heavy atom. The van der Waals surface area contributed by atoms with Gasteiger partial charge in [0, 0.05) is 53.9 Å². The summed E-state index contributed by atoms with van der Waals surface area (Å²) in [6.45, 7) is 8.24. The lowest BCUT2D eigenvalue weighted by Crippen LogP contribution is -2.40. The molecule has 4 aromatic heterocycles. The first kappa shape index (κ1) is 26.6. The molecule has 2 fully saturated rings. The molecule has 1 atom stereocenters. The highest BCUT2D eigenvalue weighted by Gasteiger charge is 2.28. The van der Waals surface area contributed by atoms with Gasteiger partial charge in [0.25, 0.3) is 0 Å². The Hall–Kier alpha value is -3.66. The van der Waals surface area contributed by atoms with Crippen molar-refractivity contribution in [3.8, 4) is 11.3 Å². The van der Waals surface area contributed by atoms with Gasteiger partial charge in [0.2, 0.25) is 0 Å². The molecule has 2 aliphatic rings. The van der Waals surface area contributed by atoms with Crippen molar-refractivity contribution >= 4 is 17.0 Å². The maximum atomic E-state index is 13.0. The number of fused-ring (bicyclic) bond motifs is 1. The number of nitrogens with one attached hydrogen (secondary N) is 1. The number of aromatic amines is 1. The van der Waals surface area contributed by atoms with E-state index in [1.807, 2.05) is 48.8 Å². The van der Waals surface area contributed by atoms with E-state index in [9.17, 15) is 4.79 Å². The van der Waals surface area contributed by atoms with Crippen LogP contribution in [-0.2, 0) is 22.6 Å². The number of hydrogen-bond acceptors (Lipinski definition) is 6. The lowest BCUT2D eigenvalue weighted by molar-refractivity contribution is -0.0317. The maximum Gasteiger partial charge on any atom is 0.410 e. The topological polar surface area (TPSA) is 103 Å². The zero-order valence-electron chi connectivity index (χ0n) is 23.7. The summed E-state index contributed by atoms with van der Waals surface area (Å²) in [5.41, 5.74) is 4.15. The third-order valence-electron chi connectivity index (χ3n) is 7.69. The van der Waals surface area contributed by atoms with Crippen LogP contribution in [0.5, 0.6) is 0 Å². The second kappa shape index (κ2) is 11.1. The summed E-state index contributed by atoms with van der Waals surface area (Å²) < 4.78 is 15.5. The fraction of sp³-hybridized carbons (Fsp3) is 0.533. The number of rotatable bonds is 8. The van der Waals surface area contributed by atoms with Gasteiger partial charge in [-0.1, -0.05) is 11.6 Å². The average Bonchev–Trinajstić information content (AvgIpc) is 3.64. The molecule has 1 aliphatic carbocycles. The summed E-state index contributed by atoms with van der Waals surface area (Å²) in [5, 5.41) is 9.74. The normalized spacial score (nSPS) is 18.1. The van der Waals surface area contributed by atoms with Crippen molar-refractivity contribution in [3.05, 3.63) is 54.4 Å². The van der Waals surface area contributed by atoms with E-state index in [1.54, 1.807) is 0 Å². The quantitative estimate of drug-likeness (QED) is 0.295. The summed E-state index contributed by atoms with van der Waals surface area (Å²) in [6.07, 6.45) is 14.7. The molecule has 1 saturated carbocycles. The lowest BCUT2D eigenvalue weighted by Gasteiger charge is -2.33. The molecule has 6 rings (SSSR count). The van der Waals surface area contributed by atoms with Gasteiger partial charge in [-0.3, -0.25) is 4.98 Å². The third kappa shape index (κ3) is 6.22. The Morgan fingerprint density at radius 1 is 1.18 bits per heavy atom. The number of ether oxygens (including phenoxy) is 2. The summed E-state index contributed by atoms with van der Waals surface area (Å²) in [6, 6.07) is 6.17. The second-order valence-electron chi connectivity index (χ2n) is 12.2. The van der Waals surface area contributed by atoms with Gasteiger partial charge in [0.15, 0.2) is 0 Å². The van der Waals surface area contributed by atoms with Gasteiger partial charge >= 0.3 is 6.09 Å². The molecule has 10 nitrogen and oxygen atoms in total. The monoisotopic (exact) mass is 545 g/mol. The van der Waals surface area contributed by atoms with Crippen LogP contribution in [0.1, 0.15) is 76.9 Å². The van der Waals surface area contributed by atoms with Gasteiger partial charge < -0.3 is 23.9 Å². The van der Waals surface area contributed by atoms with Gasteiger partial charge in [0.1, 0.15) is 17.5 Å². The predicted octanol–water partition coefficient (Wildman–Crippen LogP) is 5.91. The van der Waals surface area contributed by atoms with Crippen LogP contribution in [-0.4, -0.2) is 59.3 Å². The number of nitrogens with zero attached hydrogens (tertiary/aromatic N) is 6. The van der Waals surface area contributed by atoms with Gasteiger partial charge in [-0.25, -0.2) is 9.48 Å². The molecule has 5 heterocycles. The highest BCUT2D eigenvalue weighted by molar-refractivity contribution is 5.80. The van der Waals surface area contributed by atoms with Crippen LogP contribution in [0.4, 0.5) is 4.79 Å². The standard InChI is InChI=1S/C30H39N7O3/c1-30(2,3)40-29(38)36(16-21-7-6-8-21)18-25-13-23-15-31-24(14-26(23)32-25)19-37-20-27(33-34-37)22-10-11-35(17-22)28-9-4-5-12-39-28/h10-11,13-15,17,20-21,28,32H,4-9,12,16,18-19H2,1-3H3. The molecule has 4 aromatic rings. The molecular formula is C30H39N7O3. The molecule has 1 amide bonds. The fourth-order valence-corrected chi connectivity index (χ4v) is 5.40. The van der Waals surface area contributed by atoms with E-state index in [1.165, 1.54) is 25.7 Å². The number of amides is 1. The zero-order chi connectivity index (χ0) is 27.7. The predicted molar refractivity (Wildman–Crippen MR) is 151 cm³/mol. The summed E-state index contributed by atoms with van der Waals surface area (Å²) in [7, 11) is 0. The van der Waals surface area contributed by atoms with E-state index in [0.29, 0.717) is 19.0 Å². The maximum absolute atomic E-state index is 13.0. The molecule has 1 unspecified atom stereocenters. The van der Waals surface area contributed by atoms with Crippen LogP contribution in [0.15, 0.2) is 43.0 Å². The summed E-state index contributed by atoms with van der Waals surface area (Å²) in [4.78, 5) is 22.9. The molecule has 0 bridgehead atoms. The fourth-order valence-electron chi connectivity index (χ4n) is 5.40. The Kier molecular flexibility index (Phi) is 7.35. The average molecular weight is 546 g/mol. The van der Waals surface area contributed by atoms with Crippen LogP contribution >= 0.6 is 0 Å². The van der Waals surface area contributed by atoms with Gasteiger partial charge in [-0.15, -0.1) is 5.10 Å². The van der Waals surface area contributed by atoms with Crippen molar-refractivity contribution in [2.75, 3.05) is 13.2 Å². The Labute approximate surface area is 234 Å². The number of carbonyl (C=O) groups is 1. The highest BCUT2D eigenvalue weighted by atomic mass is 16.6. The number of H-pyrrole nitrogens is 1. The second-order valence-corrected chi connectivity index (χ2v) is 12.2. The number of pyridine rings is 1. The van der Waals surface area contributed by atoms with E-state index in [2.05, 4.69) is 49.4 Å². The van der Waals surface area contributed by atoms with E-state index >= 15 is 0 Å². The first-order chi connectivity index (χ1) is 19.3. The first-order valence-corrected chi connectivity index (χ1v) is 14.4. The Morgan fingerprint density at radius 3 is 2.80 bits per heavy atom. The highest BCUT2D eigenvalue weighted by Crippen LogP contribution is 2.29. The minimum Gasteiger partial charge on any atom is -0.444 e. The minimum absolute atomic E-state index is 0.105. The SMILES string of the molecule is CC(C)(C)OC(=O)N(Cc1cc2cnc(Cn3cc(-c4ccn(C5CCCCO5)c4)nn3)cc2[nH]1)CC1CCC1. The molecule has 40 heavy (non-hydrogen) atoms. The Bertz CT molecular complexity index is 1450. The van der Waals surface area contributed by atoms with Gasteiger partial charge in [-0.05, 0) is 77.0 Å². The van der Waals surface area contributed by atoms with Gasteiger partial charge in [0.05, 0.1) is 25.0 Å². The lowest BCUT2D eigenvalue weighted by atomic mass is 9.85. The smallest absolute Gasteiger partial charge is 0.410 e. The van der Waals surface area contributed by atoms with Crippen LogP contribution < -0.4 is 0 Å². The summed E-state index contributed by atoms with van der Waals surface area (Å²) >= 11 is 0. The number of aromatic nitrogens is 6. The molecule has 0 aromatic carbocycles. The van der Waals surface area contributed by atoms with Crippen molar-refractivity contribution in [1.29, 1.82) is 0 Å². The van der Waals surface area contributed by atoms with E-state index in [0.717, 1.165) is 59.5 Å². The van der Waals surface area contributed by atoms with Crippen molar-refractivity contribution in [2.24, 2.45) is 5.92 Å². The molecule has 0 radical (unpaired) electrons. The largest absolute Gasteiger partial charge is 0.444 e. The first-order valence-electron chi connectivity index (χ1n) is 14.4. The van der Waals surface area contributed by atoms with E-state index in [4.69, 9.17) is 9.47 Å². The molecule has 212 valence electrons. The Balaban J connectivity index is 1.13. The van der Waals surface area contributed by atoms with Gasteiger partial charge in [-0.2, -0.15) is 0 Å².